The van der Waals surface area contributed by atoms with Crippen LogP contribution in [0.1, 0.15) is 52.4 Å². The molecule has 1 saturated carbocycles. The summed E-state index contributed by atoms with van der Waals surface area (Å²) in [6, 6.07) is 0.502. The Labute approximate surface area is 116 Å². The topological polar surface area (TPSA) is 55.6 Å². The van der Waals surface area contributed by atoms with Crippen LogP contribution in [0.2, 0.25) is 0 Å². The number of hydrogen-bond donors (Lipinski definition) is 1. The predicted molar refractivity (Wildman–Crippen MR) is 75.8 cm³/mol. The number of ether oxygens (including phenoxy) is 1. The fourth-order valence-electron chi connectivity index (χ4n) is 3.37. The largest absolute Gasteiger partial charge is 0.368 e. The molecule has 4 nitrogen and oxygen atoms in total. The number of likely N-dealkylation sites (tertiary alicyclic amines) is 1. The molecule has 4 heteroatoms. The van der Waals surface area contributed by atoms with Gasteiger partial charge in [-0.3, -0.25) is 4.79 Å². The summed E-state index contributed by atoms with van der Waals surface area (Å²) in [5, 5.41) is 0. The summed E-state index contributed by atoms with van der Waals surface area (Å²) < 4.78 is 5.86. The summed E-state index contributed by atoms with van der Waals surface area (Å²) in [5.74, 6) is 0.728. The van der Waals surface area contributed by atoms with Gasteiger partial charge in [0.2, 0.25) is 5.91 Å². The van der Waals surface area contributed by atoms with Crippen molar-refractivity contribution in [3.8, 4) is 0 Å². The lowest BCUT2D eigenvalue weighted by atomic mass is 9.88. The van der Waals surface area contributed by atoms with Crippen molar-refractivity contribution in [2.45, 2.75) is 70.6 Å². The van der Waals surface area contributed by atoms with Gasteiger partial charge in [-0.1, -0.05) is 19.8 Å². The van der Waals surface area contributed by atoms with Crippen LogP contribution in [0, 0.1) is 5.92 Å². The molecule has 0 spiro atoms. The first kappa shape index (κ1) is 14.8. The lowest BCUT2D eigenvalue weighted by Gasteiger charge is -2.37. The zero-order valence-electron chi connectivity index (χ0n) is 12.3. The molecule has 0 radical (unpaired) electrons. The van der Waals surface area contributed by atoms with Crippen LogP contribution in [-0.2, 0) is 9.53 Å². The van der Waals surface area contributed by atoms with Gasteiger partial charge in [0.1, 0.15) is 6.61 Å². The van der Waals surface area contributed by atoms with Crippen molar-refractivity contribution in [3.05, 3.63) is 0 Å². The minimum absolute atomic E-state index is 0.136. The van der Waals surface area contributed by atoms with Crippen LogP contribution in [0.25, 0.3) is 0 Å². The van der Waals surface area contributed by atoms with Gasteiger partial charge in [0, 0.05) is 18.6 Å². The van der Waals surface area contributed by atoms with Crippen molar-refractivity contribution in [2.24, 2.45) is 11.7 Å². The molecule has 0 unspecified atom stereocenters. The highest BCUT2D eigenvalue weighted by atomic mass is 16.5. The molecule has 2 fully saturated rings. The number of carbonyl (C=O) groups excluding carboxylic acids is 1. The molecule has 0 aromatic rings. The van der Waals surface area contributed by atoms with Crippen LogP contribution in [0.3, 0.4) is 0 Å². The van der Waals surface area contributed by atoms with E-state index in [9.17, 15) is 4.79 Å². The van der Waals surface area contributed by atoms with Gasteiger partial charge in [0.15, 0.2) is 0 Å². The van der Waals surface area contributed by atoms with E-state index in [4.69, 9.17) is 10.5 Å². The third-order valence-corrected chi connectivity index (χ3v) is 4.69. The van der Waals surface area contributed by atoms with E-state index in [1.54, 1.807) is 0 Å². The zero-order chi connectivity index (χ0) is 13.8. The second kappa shape index (κ2) is 6.71. The molecule has 1 amide bonds. The molecular formula is C15H28N2O2. The van der Waals surface area contributed by atoms with Gasteiger partial charge in [-0.05, 0) is 38.5 Å². The minimum atomic E-state index is 0.136. The second-order valence-electron chi connectivity index (χ2n) is 6.33. The summed E-state index contributed by atoms with van der Waals surface area (Å²) in [6.07, 6.45) is 6.97. The standard InChI is InChI=1S/C15H28N2O2/c1-11-5-3-4-6-14(11)19-10-15(18)17-8-7-13(16)9-12(17)2/h11-14H,3-10,16H2,1-2H3/t11-,12+,13-,14+/m1/s1. The summed E-state index contributed by atoms with van der Waals surface area (Å²) in [6.45, 7) is 5.34. The maximum atomic E-state index is 12.2. The summed E-state index contributed by atoms with van der Waals surface area (Å²) in [5.41, 5.74) is 5.93. The zero-order valence-corrected chi connectivity index (χ0v) is 12.3. The predicted octanol–water partition coefficient (Wildman–Crippen LogP) is 1.92. The fraction of sp³-hybridized carbons (Fsp3) is 0.933. The van der Waals surface area contributed by atoms with E-state index in [1.165, 1.54) is 19.3 Å². The average molecular weight is 268 g/mol. The first-order chi connectivity index (χ1) is 9.08. The molecular weight excluding hydrogens is 240 g/mol. The molecule has 2 rings (SSSR count). The highest BCUT2D eigenvalue weighted by Gasteiger charge is 2.28. The van der Waals surface area contributed by atoms with E-state index in [2.05, 4.69) is 13.8 Å². The number of nitrogens with two attached hydrogens (primary N) is 1. The number of carbonyl (C=O) groups is 1. The highest BCUT2D eigenvalue weighted by Crippen LogP contribution is 2.26. The summed E-state index contributed by atoms with van der Waals surface area (Å²) in [4.78, 5) is 14.2. The van der Waals surface area contributed by atoms with Crippen LogP contribution in [-0.4, -0.2) is 42.1 Å². The number of piperidine rings is 1. The van der Waals surface area contributed by atoms with Crippen LogP contribution >= 0.6 is 0 Å². The van der Waals surface area contributed by atoms with E-state index < -0.39 is 0 Å². The maximum Gasteiger partial charge on any atom is 0.248 e. The molecule has 19 heavy (non-hydrogen) atoms. The molecule has 0 aromatic carbocycles. The molecule has 1 aliphatic heterocycles. The lowest BCUT2D eigenvalue weighted by molar-refractivity contribution is -0.143. The number of rotatable bonds is 3. The summed E-state index contributed by atoms with van der Waals surface area (Å²) >= 11 is 0. The third-order valence-electron chi connectivity index (χ3n) is 4.69. The van der Waals surface area contributed by atoms with Crippen LogP contribution in [0.15, 0.2) is 0 Å². The van der Waals surface area contributed by atoms with E-state index in [0.29, 0.717) is 5.92 Å². The SMILES string of the molecule is C[C@@H]1CCCC[C@@H]1OCC(=O)N1CC[C@@H](N)C[C@@H]1C. The first-order valence-corrected chi connectivity index (χ1v) is 7.74. The number of nitrogens with zero attached hydrogens (tertiary/aromatic N) is 1. The van der Waals surface area contributed by atoms with E-state index in [1.807, 2.05) is 4.90 Å². The molecule has 1 heterocycles. The number of amides is 1. The van der Waals surface area contributed by atoms with Crippen molar-refractivity contribution in [2.75, 3.05) is 13.2 Å². The Balaban J connectivity index is 1.77. The first-order valence-electron chi connectivity index (χ1n) is 7.74. The maximum absolute atomic E-state index is 12.2. The third kappa shape index (κ3) is 3.93. The lowest BCUT2D eigenvalue weighted by Crippen LogP contribution is -2.49. The Kier molecular flexibility index (Phi) is 5.22. The van der Waals surface area contributed by atoms with Crippen LogP contribution < -0.4 is 5.73 Å². The van der Waals surface area contributed by atoms with Gasteiger partial charge >= 0.3 is 0 Å². The van der Waals surface area contributed by atoms with Crippen molar-refractivity contribution in [3.63, 3.8) is 0 Å². The number of hydrogen-bond acceptors (Lipinski definition) is 3. The van der Waals surface area contributed by atoms with Gasteiger partial charge < -0.3 is 15.4 Å². The minimum Gasteiger partial charge on any atom is -0.368 e. The molecule has 1 aliphatic carbocycles. The molecule has 0 aromatic heterocycles. The summed E-state index contributed by atoms with van der Waals surface area (Å²) in [7, 11) is 0. The fourth-order valence-corrected chi connectivity index (χ4v) is 3.37. The molecule has 4 atom stereocenters. The van der Waals surface area contributed by atoms with Gasteiger partial charge in [0.05, 0.1) is 6.10 Å². The molecule has 110 valence electrons. The Bertz CT molecular complexity index is 309. The Morgan fingerprint density at radius 3 is 2.68 bits per heavy atom. The van der Waals surface area contributed by atoms with Crippen molar-refractivity contribution >= 4 is 5.91 Å². The normalized spacial score (nSPS) is 36.3. The Morgan fingerprint density at radius 1 is 1.26 bits per heavy atom. The van der Waals surface area contributed by atoms with Gasteiger partial charge in [-0.15, -0.1) is 0 Å². The van der Waals surface area contributed by atoms with E-state index in [-0.39, 0.29) is 30.7 Å². The van der Waals surface area contributed by atoms with E-state index in [0.717, 1.165) is 25.8 Å². The molecule has 2 N–H and O–H groups in total. The molecule has 0 bridgehead atoms. The van der Waals surface area contributed by atoms with Gasteiger partial charge in [-0.2, -0.15) is 0 Å². The van der Waals surface area contributed by atoms with E-state index >= 15 is 0 Å². The van der Waals surface area contributed by atoms with Crippen molar-refractivity contribution < 1.29 is 9.53 Å². The van der Waals surface area contributed by atoms with Crippen LogP contribution in [0.5, 0.6) is 0 Å². The van der Waals surface area contributed by atoms with Gasteiger partial charge in [0.25, 0.3) is 0 Å². The van der Waals surface area contributed by atoms with Crippen LogP contribution in [0.4, 0.5) is 0 Å². The highest BCUT2D eigenvalue weighted by molar-refractivity contribution is 5.77. The Morgan fingerprint density at radius 2 is 2.00 bits per heavy atom. The molecule has 2 aliphatic rings. The quantitative estimate of drug-likeness (QED) is 0.851. The Hall–Kier alpha value is -0.610. The van der Waals surface area contributed by atoms with Gasteiger partial charge in [-0.25, -0.2) is 0 Å². The second-order valence-corrected chi connectivity index (χ2v) is 6.33. The monoisotopic (exact) mass is 268 g/mol. The average Bonchev–Trinajstić information content (AvgIpc) is 2.37. The molecule has 1 saturated heterocycles. The van der Waals surface area contributed by atoms with Crippen molar-refractivity contribution in [1.82, 2.24) is 4.90 Å². The van der Waals surface area contributed by atoms with Crippen molar-refractivity contribution in [1.29, 1.82) is 0 Å². The smallest absolute Gasteiger partial charge is 0.248 e.